The molecule has 12 heteroatoms. The highest BCUT2D eigenvalue weighted by atomic mass is 16.6. The molecule has 2 N–H and O–H groups in total. The Morgan fingerprint density at radius 3 is 1.85 bits per heavy atom. The lowest BCUT2D eigenvalue weighted by molar-refractivity contribution is -0.394. The number of carbonyl (C=O) groups is 3. The molecule has 2 amide bonds. The van der Waals surface area contributed by atoms with E-state index in [2.05, 4.69) is 10.6 Å². The molecule has 0 spiro atoms. The Morgan fingerprint density at radius 1 is 0.909 bits per heavy atom. The van der Waals surface area contributed by atoms with Crippen molar-refractivity contribution >= 4 is 29.2 Å². The van der Waals surface area contributed by atoms with Gasteiger partial charge in [0.25, 0.3) is 17.3 Å². The number of carbonyl (C=O) groups excluding carboxylic acids is 3. The molecule has 0 saturated heterocycles. The normalized spacial score (nSPS) is 12.7. The molecule has 182 valence electrons. The molecule has 0 saturated carbocycles. The van der Waals surface area contributed by atoms with Gasteiger partial charge in [0.05, 0.1) is 28.1 Å². The number of non-ortho nitro benzene ring substituents is 2. The Labute approximate surface area is 191 Å². The largest absolute Gasteiger partial charge is 0.464 e. The predicted molar refractivity (Wildman–Crippen MR) is 118 cm³/mol. The smallest absolute Gasteiger partial charge is 0.328 e. The van der Waals surface area contributed by atoms with Crippen LogP contribution in [0, 0.1) is 32.1 Å². The molecule has 0 heterocycles. The van der Waals surface area contributed by atoms with Crippen molar-refractivity contribution < 1.29 is 29.0 Å². The Bertz CT molecular complexity index is 868. The molecule has 0 aliphatic carbocycles. The zero-order valence-corrected chi connectivity index (χ0v) is 19.3. The van der Waals surface area contributed by atoms with E-state index in [0.29, 0.717) is 6.42 Å². The summed E-state index contributed by atoms with van der Waals surface area (Å²) in [4.78, 5) is 58.4. The summed E-state index contributed by atoms with van der Waals surface area (Å²) in [5.41, 5.74) is -1.60. The zero-order valence-electron chi connectivity index (χ0n) is 19.3. The van der Waals surface area contributed by atoms with E-state index in [-0.39, 0.29) is 18.1 Å². The minimum Gasteiger partial charge on any atom is -0.464 e. The minimum absolute atomic E-state index is 0.227. The second-order valence-electron chi connectivity index (χ2n) is 8.20. The number of benzene rings is 1. The maximum Gasteiger partial charge on any atom is 0.328 e. The molecule has 1 rings (SSSR count). The number of hydrogen-bond acceptors (Lipinski definition) is 8. The Balaban J connectivity index is 3.08. The summed E-state index contributed by atoms with van der Waals surface area (Å²) in [6.45, 7) is 8.95. The first-order valence-corrected chi connectivity index (χ1v) is 10.6. The Morgan fingerprint density at radius 2 is 1.42 bits per heavy atom. The van der Waals surface area contributed by atoms with E-state index < -0.39 is 57.0 Å². The highest BCUT2D eigenvalue weighted by molar-refractivity contribution is 5.99. The van der Waals surface area contributed by atoms with Gasteiger partial charge in [-0.15, -0.1) is 0 Å². The first-order valence-electron chi connectivity index (χ1n) is 10.6. The molecule has 0 fully saturated rings. The maximum absolute atomic E-state index is 12.9. The zero-order chi connectivity index (χ0) is 25.3. The molecule has 0 bridgehead atoms. The molecule has 33 heavy (non-hydrogen) atoms. The van der Waals surface area contributed by atoms with Gasteiger partial charge in [-0.05, 0) is 18.3 Å². The highest BCUT2D eigenvalue weighted by Gasteiger charge is 2.32. The first-order chi connectivity index (χ1) is 15.4. The molecule has 1 aromatic rings. The van der Waals surface area contributed by atoms with Crippen LogP contribution in [-0.4, -0.2) is 46.3 Å². The SMILES string of the molecule is CCCCOC(=O)[C@@H](NC(=O)[C@H](NC(=O)c1cc([N+](=O)[O-])cc([N+](=O)[O-])c1)C(C)C)C(C)C. The highest BCUT2D eigenvalue weighted by Crippen LogP contribution is 2.23. The topological polar surface area (TPSA) is 171 Å². The van der Waals surface area contributed by atoms with Gasteiger partial charge < -0.3 is 15.4 Å². The lowest BCUT2D eigenvalue weighted by atomic mass is 9.99. The van der Waals surface area contributed by atoms with Crippen LogP contribution in [0.5, 0.6) is 0 Å². The van der Waals surface area contributed by atoms with Crippen LogP contribution in [-0.2, 0) is 14.3 Å². The quantitative estimate of drug-likeness (QED) is 0.205. The number of esters is 1. The van der Waals surface area contributed by atoms with Crippen molar-refractivity contribution in [2.24, 2.45) is 11.8 Å². The van der Waals surface area contributed by atoms with E-state index >= 15 is 0 Å². The second kappa shape index (κ2) is 12.5. The number of ether oxygens (including phenoxy) is 1. The monoisotopic (exact) mass is 466 g/mol. The Kier molecular flexibility index (Phi) is 10.4. The average Bonchev–Trinajstić information content (AvgIpc) is 2.74. The number of nitrogens with zero attached hydrogens (tertiary/aromatic N) is 2. The van der Waals surface area contributed by atoms with Crippen molar-refractivity contribution in [3.05, 3.63) is 44.0 Å². The van der Waals surface area contributed by atoms with Gasteiger partial charge in [0.15, 0.2) is 0 Å². The van der Waals surface area contributed by atoms with Gasteiger partial charge >= 0.3 is 5.97 Å². The number of nitrogens with one attached hydrogen (secondary N) is 2. The summed E-state index contributed by atoms with van der Waals surface area (Å²) in [5, 5.41) is 27.2. The molecular formula is C21H30N4O8. The number of amides is 2. The molecule has 0 unspecified atom stereocenters. The lowest BCUT2D eigenvalue weighted by Crippen LogP contribution is -2.55. The third kappa shape index (κ3) is 8.13. The van der Waals surface area contributed by atoms with Crippen LogP contribution in [0.1, 0.15) is 57.8 Å². The summed E-state index contributed by atoms with van der Waals surface area (Å²) < 4.78 is 5.20. The fourth-order valence-electron chi connectivity index (χ4n) is 2.84. The number of rotatable bonds is 12. The van der Waals surface area contributed by atoms with E-state index in [9.17, 15) is 34.6 Å². The van der Waals surface area contributed by atoms with Gasteiger partial charge in [-0.2, -0.15) is 0 Å². The molecule has 0 radical (unpaired) electrons. The molecule has 2 atom stereocenters. The van der Waals surface area contributed by atoms with Crippen molar-refractivity contribution in [3.63, 3.8) is 0 Å². The molecule has 0 aliphatic heterocycles. The molecule has 0 aliphatic rings. The summed E-state index contributed by atoms with van der Waals surface area (Å²) >= 11 is 0. The average molecular weight is 466 g/mol. The van der Waals surface area contributed by atoms with Crippen LogP contribution in [0.3, 0.4) is 0 Å². The van der Waals surface area contributed by atoms with E-state index in [1.807, 2.05) is 6.92 Å². The third-order valence-electron chi connectivity index (χ3n) is 4.78. The van der Waals surface area contributed by atoms with Gasteiger partial charge in [0.1, 0.15) is 12.1 Å². The van der Waals surface area contributed by atoms with Gasteiger partial charge in [0, 0.05) is 12.1 Å². The van der Waals surface area contributed by atoms with Gasteiger partial charge in [-0.25, -0.2) is 4.79 Å². The fraction of sp³-hybridized carbons (Fsp3) is 0.571. The summed E-state index contributed by atoms with van der Waals surface area (Å²) in [6, 6.07) is 0.465. The summed E-state index contributed by atoms with van der Waals surface area (Å²) in [6.07, 6.45) is 1.52. The van der Waals surface area contributed by atoms with E-state index in [1.54, 1.807) is 27.7 Å². The lowest BCUT2D eigenvalue weighted by Gasteiger charge is -2.26. The van der Waals surface area contributed by atoms with E-state index in [1.165, 1.54) is 0 Å². The van der Waals surface area contributed by atoms with Crippen molar-refractivity contribution in [1.29, 1.82) is 0 Å². The number of hydrogen-bond donors (Lipinski definition) is 2. The van der Waals surface area contributed by atoms with Gasteiger partial charge in [-0.1, -0.05) is 41.0 Å². The van der Waals surface area contributed by atoms with Crippen LogP contribution in [0.25, 0.3) is 0 Å². The van der Waals surface area contributed by atoms with Crippen LogP contribution < -0.4 is 10.6 Å². The molecule has 0 aromatic heterocycles. The third-order valence-corrected chi connectivity index (χ3v) is 4.78. The Hall–Kier alpha value is -3.57. The molecular weight excluding hydrogens is 436 g/mol. The summed E-state index contributed by atoms with van der Waals surface area (Å²) in [7, 11) is 0. The van der Waals surface area contributed by atoms with Crippen LogP contribution in [0.4, 0.5) is 11.4 Å². The second-order valence-corrected chi connectivity index (χ2v) is 8.20. The number of nitro benzene ring substituents is 2. The number of unbranched alkanes of at least 4 members (excludes halogenated alkanes) is 1. The van der Waals surface area contributed by atoms with Gasteiger partial charge in [0.2, 0.25) is 5.91 Å². The minimum atomic E-state index is -1.11. The van der Waals surface area contributed by atoms with E-state index in [0.717, 1.165) is 24.6 Å². The van der Waals surface area contributed by atoms with Crippen molar-refractivity contribution in [2.75, 3.05) is 6.61 Å². The molecule has 1 aromatic carbocycles. The summed E-state index contributed by atoms with van der Waals surface area (Å²) in [5.74, 6) is -2.85. The van der Waals surface area contributed by atoms with Gasteiger partial charge in [-0.3, -0.25) is 29.8 Å². The van der Waals surface area contributed by atoms with Crippen molar-refractivity contribution in [3.8, 4) is 0 Å². The van der Waals surface area contributed by atoms with E-state index in [4.69, 9.17) is 4.74 Å². The van der Waals surface area contributed by atoms with Crippen LogP contribution in [0.15, 0.2) is 18.2 Å². The molecule has 12 nitrogen and oxygen atoms in total. The number of nitro groups is 2. The van der Waals surface area contributed by atoms with Crippen LogP contribution in [0.2, 0.25) is 0 Å². The van der Waals surface area contributed by atoms with Crippen molar-refractivity contribution in [1.82, 2.24) is 10.6 Å². The first kappa shape index (κ1) is 27.5. The standard InChI is InChI=1S/C21H30N4O8/c1-6-7-8-33-21(28)18(13(4)5)23-20(27)17(12(2)3)22-19(26)14-9-15(24(29)30)11-16(10-14)25(31)32/h9-13,17-18H,6-8H2,1-5H3,(H,22,26)(H,23,27)/t17-,18+/m1/s1. The predicted octanol–water partition coefficient (Wildman–Crippen LogP) is 2.74. The van der Waals surface area contributed by atoms with Crippen LogP contribution >= 0.6 is 0 Å². The van der Waals surface area contributed by atoms with Crippen molar-refractivity contribution in [2.45, 2.75) is 59.5 Å². The maximum atomic E-state index is 12.9. The fourth-order valence-corrected chi connectivity index (χ4v) is 2.84.